The van der Waals surface area contributed by atoms with Crippen LogP contribution >= 0.6 is 11.3 Å². The molecule has 0 unspecified atom stereocenters. The van der Waals surface area contributed by atoms with E-state index in [-0.39, 0.29) is 5.91 Å². The molecule has 0 spiro atoms. The summed E-state index contributed by atoms with van der Waals surface area (Å²) in [6.45, 7) is 7.71. The zero-order valence-corrected chi connectivity index (χ0v) is 15.7. The van der Waals surface area contributed by atoms with Gasteiger partial charge in [-0.25, -0.2) is 9.78 Å². The number of rotatable bonds is 5. The van der Waals surface area contributed by atoms with Crippen LogP contribution in [0.3, 0.4) is 0 Å². The molecule has 6 nitrogen and oxygen atoms in total. The summed E-state index contributed by atoms with van der Waals surface area (Å²) in [6.07, 6.45) is 0.998. The SMILES string of the molecule is CC[C@H](C)c1csc(N(C)C(=O)c2[nH]c(C)c(C(=O)OC)c2C)n1. The Bertz CT molecular complexity index is 763. The monoisotopic (exact) mass is 349 g/mol. The summed E-state index contributed by atoms with van der Waals surface area (Å²) < 4.78 is 4.78. The van der Waals surface area contributed by atoms with Gasteiger partial charge >= 0.3 is 5.97 Å². The van der Waals surface area contributed by atoms with Gasteiger partial charge in [0.05, 0.1) is 18.4 Å². The highest BCUT2D eigenvalue weighted by atomic mass is 32.1. The molecule has 2 heterocycles. The lowest BCUT2D eigenvalue weighted by atomic mass is 10.1. The number of aromatic nitrogens is 2. The Morgan fingerprint density at radius 3 is 2.67 bits per heavy atom. The number of nitrogens with one attached hydrogen (secondary N) is 1. The Labute approximate surface area is 145 Å². The number of nitrogens with zero attached hydrogens (tertiary/aromatic N) is 2. The van der Waals surface area contributed by atoms with Crippen molar-refractivity contribution in [2.45, 2.75) is 40.0 Å². The molecule has 1 N–H and O–H groups in total. The lowest BCUT2D eigenvalue weighted by Gasteiger charge is -2.13. The van der Waals surface area contributed by atoms with Crippen molar-refractivity contribution in [2.75, 3.05) is 19.1 Å². The van der Waals surface area contributed by atoms with Crippen LogP contribution in [0.4, 0.5) is 5.13 Å². The van der Waals surface area contributed by atoms with E-state index in [1.165, 1.54) is 23.3 Å². The fraction of sp³-hybridized carbons (Fsp3) is 0.471. The van der Waals surface area contributed by atoms with Crippen molar-refractivity contribution in [1.29, 1.82) is 0 Å². The first-order chi connectivity index (χ1) is 11.3. The third-order valence-electron chi connectivity index (χ3n) is 4.26. The van der Waals surface area contributed by atoms with Gasteiger partial charge in [-0.2, -0.15) is 0 Å². The molecule has 0 radical (unpaired) electrons. The van der Waals surface area contributed by atoms with Crippen LogP contribution in [0.15, 0.2) is 5.38 Å². The number of carbonyl (C=O) groups excluding carboxylic acids is 2. The Morgan fingerprint density at radius 2 is 2.08 bits per heavy atom. The van der Waals surface area contributed by atoms with Gasteiger partial charge in [-0.15, -0.1) is 11.3 Å². The standard InChI is InChI=1S/C17H23N3O3S/c1-7-9(2)12-8-24-17(19-12)20(5)15(21)14-10(3)13(11(4)18-14)16(22)23-6/h8-9,18H,7H2,1-6H3/t9-/m0/s1. The number of methoxy groups -OCH3 is 1. The molecule has 0 saturated carbocycles. The maximum absolute atomic E-state index is 12.8. The van der Waals surface area contributed by atoms with E-state index in [4.69, 9.17) is 4.74 Å². The zero-order chi connectivity index (χ0) is 18.0. The minimum atomic E-state index is -0.448. The lowest BCUT2D eigenvalue weighted by molar-refractivity contribution is 0.0599. The molecule has 0 aromatic carbocycles. The molecular weight excluding hydrogens is 326 g/mol. The first-order valence-corrected chi connectivity index (χ1v) is 8.70. The van der Waals surface area contributed by atoms with Gasteiger partial charge < -0.3 is 9.72 Å². The van der Waals surface area contributed by atoms with Gasteiger partial charge in [0.15, 0.2) is 5.13 Å². The maximum atomic E-state index is 12.8. The molecule has 0 aliphatic heterocycles. The largest absolute Gasteiger partial charge is 0.465 e. The van der Waals surface area contributed by atoms with Crippen molar-refractivity contribution < 1.29 is 14.3 Å². The predicted molar refractivity (Wildman–Crippen MR) is 95.2 cm³/mol. The smallest absolute Gasteiger partial charge is 0.339 e. The van der Waals surface area contributed by atoms with Crippen LogP contribution in [-0.2, 0) is 4.74 Å². The molecular formula is C17H23N3O3S. The highest BCUT2D eigenvalue weighted by Crippen LogP contribution is 2.28. The molecule has 24 heavy (non-hydrogen) atoms. The molecule has 0 aliphatic rings. The number of aromatic amines is 1. The molecule has 0 saturated heterocycles. The number of hydrogen-bond acceptors (Lipinski definition) is 5. The highest BCUT2D eigenvalue weighted by molar-refractivity contribution is 7.14. The van der Waals surface area contributed by atoms with E-state index in [0.717, 1.165) is 12.1 Å². The van der Waals surface area contributed by atoms with E-state index in [0.29, 0.717) is 33.6 Å². The summed E-state index contributed by atoms with van der Waals surface area (Å²) >= 11 is 1.44. The first kappa shape index (κ1) is 18.2. The van der Waals surface area contributed by atoms with Gasteiger partial charge in [-0.1, -0.05) is 13.8 Å². The Kier molecular flexibility index (Phi) is 5.43. The van der Waals surface area contributed by atoms with Crippen LogP contribution in [0.2, 0.25) is 0 Å². The van der Waals surface area contributed by atoms with Gasteiger partial charge in [0.25, 0.3) is 5.91 Å². The normalized spacial score (nSPS) is 12.1. The molecule has 1 amide bonds. The van der Waals surface area contributed by atoms with Gasteiger partial charge in [0, 0.05) is 18.1 Å². The van der Waals surface area contributed by atoms with Crippen LogP contribution in [0.5, 0.6) is 0 Å². The van der Waals surface area contributed by atoms with E-state index in [1.54, 1.807) is 20.9 Å². The number of aryl methyl sites for hydroxylation is 1. The molecule has 0 bridgehead atoms. The lowest BCUT2D eigenvalue weighted by Crippen LogP contribution is -2.27. The van der Waals surface area contributed by atoms with Crippen molar-refractivity contribution in [2.24, 2.45) is 0 Å². The number of thiazole rings is 1. The second kappa shape index (κ2) is 7.17. The van der Waals surface area contributed by atoms with Crippen molar-refractivity contribution >= 4 is 28.3 Å². The van der Waals surface area contributed by atoms with Gasteiger partial charge in [-0.05, 0) is 31.7 Å². The fourth-order valence-corrected chi connectivity index (χ4v) is 3.40. The molecule has 0 aliphatic carbocycles. The third kappa shape index (κ3) is 3.21. The summed E-state index contributed by atoms with van der Waals surface area (Å²) in [5, 5.41) is 2.63. The molecule has 0 fully saturated rings. The second-order valence-corrected chi connectivity index (χ2v) is 6.68. The number of amides is 1. The van der Waals surface area contributed by atoms with Crippen molar-refractivity contribution in [3.8, 4) is 0 Å². The number of esters is 1. The maximum Gasteiger partial charge on any atom is 0.339 e. The quantitative estimate of drug-likeness (QED) is 0.836. The topological polar surface area (TPSA) is 75.3 Å². The number of hydrogen-bond donors (Lipinski definition) is 1. The van der Waals surface area contributed by atoms with Crippen LogP contribution in [0.25, 0.3) is 0 Å². The van der Waals surface area contributed by atoms with Crippen molar-refractivity contribution in [3.63, 3.8) is 0 Å². The number of anilines is 1. The van der Waals surface area contributed by atoms with E-state index in [2.05, 4.69) is 23.8 Å². The summed E-state index contributed by atoms with van der Waals surface area (Å²) in [7, 11) is 3.02. The summed E-state index contributed by atoms with van der Waals surface area (Å²) in [5.74, 6) is -0.314. The Balaban J connectivity index is 2.32. The minimum Gasteiger partial charge on any atom is -0.465 e. The third-order valence-corrected chi connectivity index (χ3v) is 5.19. The van der Waals surface area contributed by atoms with Crippen LogP contribution in [-0.4, -0.2) is 36.0 Å². The number of H-pyrrole nitrogens is 1. The average Bonchev–Trinajstić information content (AvgIpc) is 3.17. The number of ether oxygens (including phenoxy) is 1. The summed E-state index contributed by atoms with van der Waals surface area (Å²) in [6, 6.07) is 0. The average molecular weight is 349 g/mol. The van der Waals surface area contributed by atoms with Crippen LogP contribution in [0.1, 0.15) is 64.0 Å². The molecule has 7 heteroatoms. The Hall–Kier alpha value is -2.15. The van der Waals surface area contributed by atoms with Gasteiger partial charge in [-0.3, -0.25) is 9.69 Å². The molecule has 130 valence electrons. The highest BCUT2D eigenvalue weighted by Gasteiger charge is 2.26. The van der Waals surface area contributed by atoms with Crippen molar-refractivity contribution in [1.82, 2.24) is 9.97 Å². The van der Waals surface area contributed by atoms with Crippen LogP contribution in [0, 0.1) is 13.8 Å². The first-order valence-electron chi connectivity index (χ1n) is 7.82. The van der Waals surface area contributed by atoms with E-state index < -0.39 is 5.97 Å². The van der Waals surface area contributed by atoms with Gasteiger partial charge in [0.1, 0.15) is 5.69 Å². The molecule has 2 aromatic heterocycles. The van der Waals surface area contributed by atoms with E-state index in [9.17, 15) is 9.59 Å². The molecule has 2 aromatic rings. The summed E-state index contributed by atoms with van der Waals surface area (Å²) in [4.78, 5) is 33.7. The second-order valence-electron chi connectivity index (χ2n) is 5.84. The Morgan fingerprint density at radius 1 is 1.42 bits per heavy atom. The number of carbonyl (C=O) groups is 2. The fourth-order valence-electron chi connectivity index (χ4n) is 2.49. The molecule has 2 rings (SSSR count). The summed E-state index contributed by atoms with van der Waals surface area (Å²) in [5.41, 5.74) is 3.00. The molecule has 1 atom stereocenters. The zero-order valence-electron chi connectivity index (χ0n) is 14.9. The van der Waals surface area contributed by atoms with Gasteiger partial charge in [0.2, 0.25) is 0 Å². The van der Waals surface area contributed by atoms with E-state index >= 15 is 0 Å². The van der Waals surface area contributed by atoms with Crippen molar-refractivity contribution in [3.05, 3.63) is 33.6 Å². The minimum absolute atomic E-state index is 0.226. The van der Waals surface area contributed by atoms with E-state index in [1.807, 2.05) is 5.38 Å². The van der Waals surface area contributed by atoms with Crippen LogP contribution < -0.4 is 4.90 Å². The predicted octanol–water partition coefficient (Wildman–Crippen LogP) is 3.66.